The lowest BCUT2D eigenvalue weighted by Gasteiger charge is -2.22. The SMILES string of the molecule is Cc1cccc2sc(N(CCCN(C)C)C(=O)c3cccc4ccccc34)nc12.Cl. The number of hydrogen-bond acceptors (Lipinski definition) is 4. The number of halogens is 1. The number of fused-ring (bicyclic) bond motifs is 2. The van der Waals surface area contributed by atoms with E-state index in [1.54, 1.807) is 11.3 Å². The zero-order valence-electron chi connectivity index (χ0n) is 17.5. The monoisotopic (exact) mass is 439 g/mol. The van der Waals surface area contributed by atoms with Crippen molar-refractivity contribution in [1.29, 1.82) is 0 Å². The zero-order chi connectivity index (χ0) is 20.4. The number of anilines is 1. The summed E-state index contributed by atoms with van der Waals surface area (Å²) in [5, 5.41) is 2.83. The quantitative estimate of drug-likeness (QED) is 0.382. The van der Waals surface area contributed by atoms with Crippen molar-refractivity contribution in [3.05, 3.63) is 71.8 Å². The van der Waals surface area contributed by atoms with E-state index in [1.807, 2.05) is 53.4 Å². The molecule has 0 saturated carbocycles. The third kappa shape index (κ3) is 4.48. The smallest absolute Gasteiger partial charge is 0.260 e. The van der Waals surface area contributed by atoms with E-state index in [-0.39, 0.29) is 18.3 Å². The summed E-state index contributed by atoms with van der Waals surface area (Å²) in [4.78, 5) is 22.5. The third-order valence-corrected chi connectivity index (χ3v) is 6.14. The summed E-state index contributed by atoms with van der Waals surface area (Å²) >= 11 is 1.59. The van der Waals surface area contributed by atoms with Crippen LogP contribution < -0.4 is 4.90 Å². The first-order chi connectivity index (χ1) is 14.0. The van der Waals surface area contributed by atoms with Crippen LogP contribution in [0.15, 0.2) is 60.7 Å². The Hall–Kier alpha value is -2.47. The number of thiazole rings is 1. The average Bonchev–Trinajstić information content (AvgIpc) is 3.15. The summed E-state index contributed by atoms with van der Waals surface area (Å²) in [5.74, 6) is 0.0114. The summed E-state index contributed by atoms with van der Waals surface area (Å²) in [7, 11) is 4.11. The lowest BCUT2D eigenvalue weighted by Crippen LogP contribution is -2.33. The lowest BCUT2D eigenvalue weighted by atomic mass is 10.0. The van der Waals surface area contributed by atoms with Gasteiger partial charge in [-0.3, -0.25) is 9.69 Å². The van der Waals surface area contributed by atoms with Gasteiger partial charge in [0.05, 0.1) is 10.2 Å². The number of carbonyl (C=O) groups excluding carboxylic acids is 1. The molecule has 0 unspecified atom stereocenters. The van der Waals surface area contributed by atoms with Crippen LogP contribution in [-0.2, 0) is 0 Å². The number of aryl methyl sites for hydroxylation is 1. The number of para-hydroxylation sites is 1. The highest BCUT2D eigenvalue weighted by atomic mass is 35.5. The molecule has 0 N–H and O–H groups in total. The number of hydrogen-bond donors (Lipinski definition) is 0. The average molecular weight is 440 g/mol. The Morgan fingerprint density at radius 3 is 2.47 bits per heavy atom. The highest BCUT2D eigenvalue weighted by Crippen LogP contribution is 2.32. The fourth-order valence-corrected chi connectivity index (χ4v) is 4.64. The van der Waals surface area contributed by atoms with Crippen LogP contribution >= 0.6 is 23.7 Å². The van der Waals surface area contributed by atoms with Gasteiger partial charge in [0, 0.05) is 12.1 Å². The molecule has 0 spiro atoms. The fourth-order valence-electron chi connectivity index (χ4n) is 3.58. The van der Waals surface area contributed by atoms with Crippen LogP contribution in [0.25, 0.3) is 21.0 Å². The Bertz CT molecular complexity index is 1170. The number of amides is 1. The number of carbonyl (C=O) groups is 1. The lowest BCUT2D eigenvalue weighted by molar-refractivity contribution is 0.0987. The molecule has 0 atom stereocenters. The van der Waals surface area contributed by atoms with E-state index in [2.05, 4.69) is 38.1 Å². The fraction of sp³-hybridized carbons (Fsp3) is 0.250. The second-order valence-corrected chi connectivity index (χ2v) is 8.57. The molecule has 6 heteroatoms. The first-order valence-electron chi connectivity index (χ1n) is 9.85. The predicted octanol–water partition coefficient (Wildman–Crippen LogP) is 5.78. The van der Waals surface area contributed by atoms with Gasteiger partial charge in [-0.1, -0.05) is 59.9 Å². The molecule has 1 aromatic heterocycles. The maximum absolute atomic E-state index is 13.7. The Kier molecular flexibility index (Phi) is 7.08. The zero-order valence-corrected chi connectivity index (χ0v) is 19.1. The minimum Gasteiger partial charge on any atom is -0.309 e. The van der Waals surface area contributed by atoms with Gasteiger partial charge in [0.1, 0.15) is 0 Å². The number of aromatic nitrogens is 1. The summed E-state index contributed by atoms with van der Waals surface area (Å²) in [6, 6.07) is 20.1. The summed E-state index contributed by atoms with van der Waals surface area (Å²) in [5.41, 5.74) is 2.84. The molecule has 0 bridgehead atoms. The molecule has 1 amide bonds. The molecule has 30 heavy (non-hydrogen) atoms. The molecule has 4 nitrogen and oxygen atoms in total. The van der Waals surface area contributed by atoms with Crippen LogP contribution in [0, 0.1) is 6.92 Å². The molecule has 4 rings (SSSR count). The van der Waals surface area contributed by atoms with Crippen molar-refractivity contribution >= 4 is 55.8 Å². The van der Waals surface area contributed by atoms with Gasteiger partial charge in [-0.15, -0.1) is 12.4 Å². The van der Waals surface area contributed by atoms with Crippen LogP contribution in [0.2, 0.25) is 0 Å². The van der Waals surface area contributed by atoms with Gasteiger partial charge in [0.25, 0.3) is 5.91 Å². The summed E-state index contributed by atoms with van der Waals surface area (Å²) in [6.07, 6.45) is 0.887. The molecule has 3 aromatic carbocycles. The second kappa shape index (κ2) is 9.56. The van der Waals surface area contributed by atoms with Gasteiger partial charge in [-0.25, -0.2) is 4.98 Å². The molecule has 156 valence electrons. The van der Waals surface area contributed by atoms with E-state index >= 15 is 0 Å². The Morgan fingerprint density at radius 1 is 0.967 bits per heavy atom. The van der Waals surface area contributed by atoms with Gasteiger partial charge >= 0.3 is 0 Å². The van der Waals surface area contributed by atoms with Crippen molar-refractivity contribution in [2.24, 2.45) is 0 Å². The second-order valence-electron chi connectivity index (χ2n) is 7.56. The van der Waals surface area contributed by atoms with Crippen molar-refractivity contribution in [1.82, 2.24) is 9.88 Å². The van der Waals surface area contributed by atoms with E-state index in [4.69, 9.17) is 4.98 Å². The molecule has 0 radical (unpaired) electrons. The first kappa shape index (κ1) is 22.2. The van der Waals surface area contributed by atoms with Gasteiger partial charge in [0.15, 0.2) is 5.13 Å². The normalized spacial score (nSPS) is 11.1. The standard InChI is InChI=1S/C24H25N3OS.ClH/c1-17-9-6-14-21-22(17)25-24(29-21)27(16-8-15-26(2)3)23(28)20-13-7-11-18-10-4-5-12-19(18)20;/h4-7,9-14H,8,15-16H2,1-3H3;1H. The molecule has 0 fully saturated rings. The number of benzene rings is 3. The predicted molar refractivity (Wildman–Crippen MR) is 130 cm³/mol. The topological polar surface area (TPSA) is 36.4 Å². The molecule has 0 aliphatic carbocycles. The molecular formula is C24H26ClN3OS. The minimum atomic E-state index is 0. The van der Waals surface area contributed by atoms with Gasteiger partial charge in [0.2, 0.25) is 0 Å². The molecule has 1 heterocycles. The first-order valence-corrected chi connectivity index (χ1v) is 10.7. The van der Waals surface area contributed by atoms with Crippen molar-refractivity contribution in [3.63, 3.8) is 0 Å². The van der Waals surface area contributed by atoms with Gasteiger partial charge in [-0.2, -0.15) is 0 Å². The van der Waals surface area contributed by atoms with Gasteiger partial charge < -0.3 is 4.90 Å². The highest BCUT2D eigenvalue weighted by molar-refractivity contribution is 7.22. The molecule has 4 aromatic rings. The Balaban J connectivity index is 0.00000256. The maximum Gasteiger partial charge on any atom is 0.260 e. The van der Waals surface area contributed by atoms with Crippen LogP contribution in [-0.4, -0.2) is 43.0 Å². The number of rotatable bonds is 6. The Morgan fingerprint density at radius 2 is 1.70 bits per heavy atom. The third-order valence-electron chi connectivity index (χ3n) is 5.09. The van der Waals surface area contributed by atoms with Crippen LogP contribution in [0.1, 0.15) is 22.3 Å². The Labute approximate surface area is 187 Å². The molecular weight excluding hydrogens is 414 g/mol. The highest BCUT2D eigenvalue weighted by Gasteiger charge is 2.23. The van der Waals surface area contributed by atoms with E-state index in [1.165, 1.54) is 0 Å². The van der Waals surface area contributed by atoms with Gasteiger partial charge in [-0.05, 0) is 62.5 Å². The van der Waals surface area contributed by atoms with E-state index < -0.39 is 0 Å². The molecule has 0 aliphatic rings. The summed E-state index contributed by atoms with van der Waals surface area (Å²) in [6.45, 7) is 3.62. The van der Waals surface area contributed by atoms with Crippen molar-refractivity contribution in [2.75, 3.05) is 32.1 Å². The van der Waals surface area contributed by atoms with Crippen LogP contribution in [0.4, 0.5) is 5.13 Å². The minimum absolute atomic E-state index is 0. The molecule has 0 aliphatic heterocycles. The van der Waals surface area contributed by atoms with Crippen molar-refractivity contribution in [2.45, 2.75) is 13.3 Å². The molecule has 0 saturated heterocycles. The van der Waals surface area contributed by atoms with E-state index in [0.717, 1.165) is 50.2 Å². The maximum atomic E-state index is 13.7. The summed E-state index contributed by atoms with van der Waals surface area (Å²) < 4.78 is 1.11. The number of nitrogens with zero attached hydrogens (tertiary/aromatic N) is 3. The van der Waals surface area contributed by atoms with E-state index in [0.29, 0.717) is 6.54 Å². The van der Waals surface area contributed by atoms with E-state index in [9.17, 15) is 4.79 Å². The van der Waals surface area contributed by atoms with Crippen LogP contribution in [0.5, 0.6) is 0 Å². The van der Waals surface area contributed by atoms with Crippen molar-refractivity contribution < 1.29 is 4.79 Å². The van der Waals surface area contributed by atoms with Crippen molar-refractivity contribution in [3.8, 4) is 0 Å². The largest absolute Gasteiger partial charge is 0.309 e. The van der Waals surface area contributed by atoms with Crippen LogP contribution in [0.3, 0.4) is 0 Å².